The number of primary amides is 1. The summed E-state index contributed by atoms with van der Waals surface area (Å²) in [6.45, 7) is 1.26. The molecule has 0 fully saturated rings. The molecule has 1 aromatic rings. The molecule has 4 heteroatoms. The SMILES string of the molecule is CC(=O)/C(=C/c1ccccc1C#N)C(N)=O. The summed E-state index contributed by atoms with van der Waals surface area (Å²) in [7, 11) is 0. The van der Waals surface area contributed by atoms with E-state index in [1.165, 1.54) is 13.0 Å². The highest BCUT2D eigenvalue weighted by molar-refractivity contribution is 6.21. The van der Waals surface area contributed by atoms with Crippen LogP contribution in [0.4, 0.5) is 0 Å². The molecule has 0 aliphatic carbocycles. The Morgan fingerprint density at radius 3 is 2.50 bits per heavy atom. The Hall–Kier alpha value is -2.41. The molecule has 0 unspecified atom stereocenters. The number of hydrogen-bond donors (Lipinski definition) is 1. The first-order chi connectivity index (χ1) is 7.56. The number of ketones is 1. The van der Waals surface area contributed by atoms with Crippen molar-refractivity contribution in [2.45, 2.75) is 6.92 Å². The van der Waals surface area contributed by atoms with Crippen LogP contribution in [-0.2, 0) is 9.59 Å². The number of nitrogens with zero attached hydrogens (tertiary/aromatic N) is 1. The Bertz CT molecular complexity index is 494. The summed E-state index contributed by atoms with van der Waals surface area (Å²) in [5.41, 5.74) is 5.86. The van der Waals surface area contributed by atoms with Gasteiger partial charge in [0, 0.05) is 0 Å². The molecule has 80 valence electrons. The van der Waals surface area contributed by atoms with Crippen molar-refractivity contribution < 1.29 is 9.59 Å². The molecule has 4 nitrogen and oxygen atoms in total. The molecule has 2 N–H and O–H groups in total. The average Bonchev–Trinajstić information content (AvgIpc) is 2.25. The molecule has 0 radical (unpaired) electrons. The minimum atomic E-state index is -0.791. The third-order valence-electron chi connectivity index (χ3n) is 2.03. The fourth-order valence-corrected chi connectivity index (χ4v) is 1.23. The van der Waals surface area contributed by atoms with E-state index in [0.29, 0.717) is 11.1 Å². The van der Waals surface area contributed by atoms with E-state index in [-0.39, 0.29) is 5.57 Å². The second-order valence-electron chi connectivity index (χ2n) is 3.18. The lowest BCUT2D eigenvalue weighted by Gasteiger charge is -2.00. The van der Waals surface area contributed by atoms with Crippen LogP contribution in [0.1, 0.15) is 18.1 Å². The van der Waals surface area contributed by atoms with Crippen molar-refractivity contribution >= 4 is 17.8 Å². The van der Waals surface area contributed by atoms with Gasteiger partial charge in [-0.3, -0.25) is 9.59 Å². The molecule has 0 spiro atoms. The van der Waals surface area contributed by atoms with E-state index in [2.05, 4.69) is 0 Å². The number of rotatable bonds is 3. The molecule has 0 atom stereocenters. The standard InChI is InChI=1S/C12H10N2O2/c1-8(15)11(12(14)16)6-9-4-2-3-5-10(9)7-13/h2-6H,1H3,(H2,14,16)/b11-6-. The summed E-state index contributed by atoms with van der Waals surface area (Å²) in [4.78, 5) is 22.1. The van der Waals surface area contributed by atoms with Crippen molar-refractivity contribution in [2.75, 3.05) is 0 Å². The predicted octanol–water partition coefficient (Wildman–Crippen LogP) is 1.02. The van der Waals surface area contributed by atoms with Gasteiger partial charge in [0.05, 0.1) is 17.2 Å². The summed E-state index contributed by atoms with van der Waals surface area (Å²) in [6, 6.07) is 8.63. The maximum atomic E-state index is 11.1. The van der Waals surface area contributed by atoms with Crippen LogP contribution in [-0.4, -0.2) is 11.7 Å². The van der Waals surface area contributed by atoms with Gasteiger partial charge in [0.15, 0.2) is 5.78 Å². The van der Waals surface area contributed by atoms with Crippen LogP contribution < -0.4 is 5.73 Å². The second kappa shape index (κ2) is 4.89. The quantitative estimate of drug-likeness (QED) is 0.463. The van der Waals surface area contributed by atoms with Crippen molar-refractivity contribution in [2.24, 2.45) is 5.73 Å². The van der Waals surface area contributed by atoms with Crippen LogP contribution in [0.5, 0.6) is 0 Å². The fourth-order valence-electron chi connectivity index (χ4n) is 1.23. The molecule has 0 bridgehead atoms. The van der Waals surface area contributed by atoms with E-state index in [0.717, 1.165) is 0 Å². The largest absolute Gasteiger partial charge is 0.365 e. The minimum Gasteiger partial charge on any atom is -0.365 e. The molecule has 1 aromatic carbocycles. The summed E-state index contributed by atoms with van der Waals surface area (Å²) in [5.74, 6) is -1.21. The number of amides is 1. The number of carbonyl (C=O) groups excluding carboxylic acids is 2. The van der Waals surface area contributed by atoms with Gasteiger partial charge in [-0.1, -0.05) is 18.2 Å². The Morgan fingerprint density at radius 1 is 1.38 bits per heavy atom. The van der Waals surface area contributed by atoms with E-state index in [9.17, 15) is 9.59 Å². The maximum absolute atomic E-state index is 11.1. The van der Waals surface area contributed by atoms with Crippen LogP contribution in [0, 0.1) is 11.3 Å². The monoisotopic (exact) mass is 214 g/mol. The third-order valence-corrected chi connectivity index (χ3v) is 2.03. The lowest BCUT2D eigenvalue weighted by molar-refractivity contribution is -0.119. The van der Waals surface area contributed by atoms with Gasteiger partial charge in [-0.05, 0) is 24.6 Å². The van der Waals surface area contributed by atoms with E-state index in [1.54, 1.807) is 24.3 Å². The van der Waals surface area contributed by atoms with Crippen LogP contribution in [0.2, 0.25) is 0 Å². The van der Waals surface area contributed by atoms with Crippen LogP contribution in [0.25, 0.3) is 6.08 Å². The van der Waals surface area contributed by atoms with Gasteiger partial charge >= 0.3 is 0 Å². The van der Waals surface area contributed by atoms with Gasteiger partial charge in [-0.25, -0.2) is 0 Å². The number of carbonyl (C=O) groups is 2. The van der Waals surface area contributed by atoms with Crippen LogP contribution in [0.3, 0.4) is 0 Å². The third kappa shape index (κ3) is 2.55. The maximum Gasteiger partial charge on any atom is 0.252 e. The molecular formula is C12H10N2O2. The van der Waals surface area contributed by atoms with E-state index >= 15 is 0 Å². The van der Waals surface area contributed by atoms with E-state index < -0.39 is 11.7 Å². The lowest BCUT2D eigenvalue weighted by atomic mass is 10.0. The first-order valence-corrected chi connectivity index (χ1v) is 4.58. The smallest absolute Gasteiger partial charge is 0.252 e. The van der Waals surface area contributed by atoms with E-state index in [4.69, 9.17) is 11.0 Å². The van der Waals surface area contributed by atoms with Gasteiger partial charge in [0.1, 0.15) is 0 Å². The normalized spacial score (nSPS) is 10.6. The fraction of sp³-hybridized carbons (Fsp3) is 0.0833. The zero-order valence-electron chi connectivity index (χ0n) is 8.73. The van der Waals surface area contributed by atoms with Crippen molar-refractivity contribution in [3.63, 3.8) is 0 Å². The average molecular weight is 214 g/mol. The summed E-state index contributed by atoms with van der Waals surface area (Å²) in [5, 5.41) is 8.83. The second-order valence-corrected chi connectivity index (χ2v) is 3.18. The predicted molar refractivity (Wildman–Crippen MR) is 59.0 cm³/mol. The molecule has 0 saturated heterocycles. The van der Waals surface area contributed by atoms with Gasteiger partial charge in [0.2, 0.25) is 0 Å². The summed E-state index contributed by atoms with van der Waals surface area (Å²) in [6.07, 6.45) is 1.34. The lowest BCUT2D eigenvalue weighted by Crippen LogP contribution is -2.18. The Labute approximate surface area is 93.0 Å². The highest BCUT2D eigenvalue weighted by Crippen LogP contribution is 2.12. The van der Waals surface area contributed by atoms with Crippen LogP contribution in [0.15, 0.2) is 29.8 Å². The molecule has 0 aliphatic heterocycles. The Balaban J connectivity index is 3.30. The molecule has 0 aliphatic rings. The first kappa shape index (κ1) is 11.7. The van der Waals surface area contributed by atoms with Gasteiger partial charge in [0.25, 0.3) is 5.91 Å². The first-order valence-electron chi connectivity index (χ1n) is 4.58. The van der Waals surface area contributed by atoms with Crippen LogP contribution >= 0.6 is 0 Å². The molecular weight excluding hydrogens is 204 g/mol. The molecule has 1 rings (SSSR count). The van der Waals surface area contributed by atoms with Gasteiger partial charge in [-0.2, -0.15) is 5.26 Å². The zero-order valence-corrected chi connectivity index (χ0v) is 8.73. The number of benzene rings is 1. The zero-order chi connectivity index (χ0) is 12.1. The number of Topliss-reactive ketones (excluding diaryl/α,β-unsaturated/α-hetero) is 1. The van der Waals surface area contributed by atoms with Crippen molar-refractivity contribution in [3.05, 3.63) is 41.0 Å². The molecule has 0 aromatic heterocycles. The summed E-state index contributed by atoms with van der Waals surface area (Å²) < 4.78 is 0. The topological polar surface area (TPSA) is 83.9 Å². The molecule has 0 saturated carbocycles. The van der Waals surface area contributed by atoms with Crippen molar-refractivity contribution in [3.8, 4) is 6.07 Å². The summed E-state index contributed by atoms with van der Waals surface area (Å²) >= 11 is 0. The number of hydrogen-bond acceptors (Lipinski definition) is 3. The molecule has 0 heterocycles. The highest BCUT2D eigenvalue weighted by Gasteiger charge is 2.11. The highest BCUT2D eigenvalue weighted by atomic mass is 16.2. The van der Waals surface area contributed by atoms with E-state index in [1.807, 2.05) is 6.07 Å². The number of nitriles is 1. The Kier molecular flexibility index (Phi) is 3.57. The Morgan fingerprint density at radius 2 is 2.00 bits per heavy atom. The minimum absolute atomic E-state index is 0.109. The number of nitrogens with two attached hydrogens (primary N) is 1. The van der Waals surface area contributed by atoms with Crippen molar-refractivity contribution in [1.82, 2.24) is 0 Å². The molecule has 16 heavy (non-hydrogen) atoms. The molecule has 1 amide bonds. The van der Waals surface area contributed by atoms with Gasteiger partial charge < -0.3 is 5.73 Å². The van der Waals surface area contributed by atoms with Gasteiger partial charge in [-0.15, -0.1) is 0 Å². The van der Waals surface area contributed by atoms with Crippen molar-refractivity contribution in [1.29, 1.82) is 5.26 Å².